The highest BCUT2D eigenvalue weighted by Crippen LogP contribution is 2.62. The van der Waals surface area contributed by atoms with E-state index in [-0.39, 0.29) is 5.96 Å². The lowest BCUT2D eigenvalue weighted by Crippen LogP contribution is -2.56. The van der Waals surface area contributed by atoms with E-state index >= 15 is 0 Å². The maximum atomic E-state index is 14.9. The predicted octanol–water partition coefficient (Wildman–Crippen LogP) is 2.37. The quantitative estimate of drug-likeness (QED) is 0.551. The van der Waals surface area contributed by atoms with Crippen LogP contribution in [0.3, 0.4) is 0 Å². The highest BCUT2D eigenvalue weighted by atomic mass is 32.2. The minimum Gasteiger partial charge on any atom is -0.444 e. The molecule has 7 nitrogen and oxygen atoms in total. The van der Waals surface area contributed by atoms with Crippen molar-refractivity contribution in [2.24, 2.45) is 4.99 Å². The highest BCUT2D eigenvalue weighted by molar-refractivity contribution is 8.10. The van der Waals surface area contributed by atoms with Gasteiger partial charge in [0.15, 0.2) is 0 Å². The van der Waals surface area contributed by atoms with Crippen LogP contribution in [0.1, 0.15) is 45.6 Å². The molecule has 1 spiro atoms. The molecule has 0 bridgehead atoms. The van der Waals surface area contributed by atoms with Crippen molar-refractivity contribution >= 4 is 32.8 Å². The van der Waals surface area contributed by atoms with Crippen LogP contribution in [-0.4, -0.2) is 43.3 Å². The number of hydrogen-bond acceptors (Lipinski definition) is 5. The molecular formula is C19H25FN4O3S. The summed E-state index contributed by atoms with van der Waals surface area (Å²) in [6.45, 7) is 5.25. The van der Waals surface area contributed by atoms with Gasteiger partial charge in [-0.25, -0.2) is 18.4 Å². The van der Waals surface area contributed by atoms with Gasteiger partial charge < -0.3 is 10.5 Å². The third-order valence-corrected chi connectivity index (χ3v) is 8.81. The first-order valence-electron chi connectivity index (χ1n) is 9.23. The molecule has 3 atom stereocenters. The Morgan fingerprint density at radius 1 is 1.39 bits per heavy atom. The summed E-state index contributed by atoms with van der Waals surface area (Å²) in [4.78, 5) is 17.1. The van der Waals surface area contributed by atoms with E-state index in [0.717, 1.165) is 6.42 Å². The van der Waals surface area contributed by atoms with Gasteiger partial charge >= 0.3 is 6.09 Å². The van der Waals surface area contributed by atoms with Crippen LogP contribution < -0.4 is 11.1 Å². The van der Waals surface area contributed by atoms with Crippen LogP contribution in [0.25, 0.3) is 0 Å². The maximum absolute atomic E-state index is 14.9. The van der Waals surface area contributed by atoms with E-state index in [2.05, 4.69) is 5.32 Å². The Hall–Kier alpha value is -2.29. The van der Waals surface area contributed by atoms with Crippen LogP contribution in [-0.2, 0) is 20.0 Å². The number of carbonyl (C=O) groups is 1. The fourth-order valence-electron chi connectivity index (χ4n) is 4.44. The topological polar surface area (TPSA) is 97.0 Å². The summed E-state index contributed by atoms with van der Waals surface area (Å²) in [6.07, 6.45) is 1.22. The predicted molar refractivity (Wildman–Crippen MR) is 108 cm³/mol. The first-order chi connectivity index (χ1) is 12.9. The molecule has 9 heteroatoms. The first kappa shape index (κ1) is 19.0. The Morgan fingerprint density at radius 3 is 2.79 bits per heavy atom. The molecule has 2 aliphatic heterocycles. The number of halogens is 1. The number of alkyl carbamates (subject to hydrolysis) is 1. The molecule has 3 N–H and O–H groups in total. The number of ether oxygens (including phenoxy) is 1. The van der Waals surface area contributed by atoms with Gasteiger partial charge in [-0.3, -0.25) is 9.62 Å². The van der Waals surface area contributed by atoms with Crippen molar-refractivity contribution in [3.05, 3.63) is 29.6 Å². The molecule has 4 rings (SSSR count). The van der Waals surface area contributed by atoms with Crippen molar-refractivity contribution in [1.29, 1.82) is 0 Å². The summed E-state index contributed by atoms with van der Waals surface area (Å²) < 4.78 is 34.6. The SMILES string of the molecule is CN1C(NC(=O)OC(C)(C)C)=N[C@@]2(c3cc(N)ccc3F)CCCC23C=S13=O. The van der Waals surface area contributed by atoms with Crippen LogP contribution >= 0.6 is 0 Å². The molecule has 1 amide bonds. The number of anilines is 1. The Balaban J connectivity index is 1.83. The molecule has 152 valence electrons. The number of amides is 1. The number of hydrogen-bond donors (Lipinski definition) is 2. The summed E-state index contributed by atoms with van der Waals surface area (Å²) in [6, 6.07) is 4.36. The standard InChI is InChI=1S/C19H25FN4O3S/c1-17(2,3)27-16(25)22-15-23-19(13-10-12(21)6-7-14(13)20)9-5-8-18(19)11-28(18,26)24(15)4/h6-7,10-11H,5,8-9,21H2,1-4H3,(H,22,23,25)/t18?,19-,28?/m1/s1. The number of benzene rings is 1. The van der Waals surface area contributed by atoms with Crippen molar-refractivity contribution in [2.45, 2.75) is 55.9 Å². The molecule has 0 saturated heterocycles. The monoisotopic (exact) mass is 408 g/mol. The van der Waals surface area contributed by atoms with Crippen molar-refractivity contribution in [2.75, 3.05) is 12.8 Å². The Bertz CT molecular complexity index is 1020. The molecule has 1 aliphatic carbocycles. The largest absolute Gasteiger partial charge is 0.444 e. The summed E-state index contributed by atoms with van der Waals surface area (Å²) in [5.41, 5.74) is 4.90. The third-order valence-electron chi connectivity index (χ3n) is 5.65. The molecule has 1 fully saturated rings. The lowest BCUT2D eigenvalue weighted by atomic mass is 9.81. The van der Waals surface area contributed by atoms with Gasteiger partial charge in [0.1, 0.15) is 21.7 Å². The smallest absolute Gasteiger partial charge is 0.414 e. The molecule has 2 unspecified atom stereocenters. The van der Waals surface area contributed by atoms with Crippen molar-refractivity contribution in [1.82, 2.24) is 9.62 Å². The van der Waals surface area contributed by atoms with Gasteiger partial charge in [-0.05, 0) is 58.2 Å². The van der Waals surface area contributed by atoms with Crippen molar-refractivity contribution < 1.29 is 18.1 Å². The average Bonchev–Trinajstić information content (AvgIpc) is 3.04. The minimum absolute atomic E-state index is 0.118. The van der Waals surface area contributed by atoms with E-state index in [1.807, 2.05) is 0 Å². The second-order valence-corrected chi connectivity index (χ2v) is 11.2. The number of nitrogens with zero attached hydrogens (tertiary/aromatic N) is 2. The molecule has 28 heavy (non-hydrogen) atoms. The number of nitrogen functional groups attached to an aromatic ring is 1. The summed E-state index contributed by atoms with van der Waals surface area (Å²) in [5, 5.41) is 4.37. The normalized spacial score (nSPS) is 33.3. The molecule has 0 radical (unpaired) electrons. The fourth-order valence-corrected chi connectivity index (χ4v) is 7.64. The summed E-state index contributed by atoms with van der Waals surface area (Å²) >= 11 is 0. The zero-order valence-corrected chi connectivity index (χ0v) is 17.2. The second kappa shape index (κ2) is 5.62. The number of nitrogens with one attached hydrogen (secondary N) is 1. The van der Waals surface area contributed by atoms with Crippen molar-refractivity contribution in [3.63, 3.8) is 0 Å². The zero-order valence-electron chi connectivity index (χ0n) is 16.4. The van der Waals surface area contributed by atoms with E-state index in [9.17, 15) is 13.4 Å². The van der Waals surface area contributed by atoms with Crippen LogP contribution in [0.5, 0.6) is 0 Å². The van der Waals surface area contributed by atoms with E-state index in [1.165, 1.54) is 16.4 Å². The van der Waals surface area contributed by atoms with Crippen LogP contribution in [0.4, 0.5) is 14.9 Å². The lowest BCUT2D eigenvalue weighted by Gasteiger charge is -2.41. The summed E-state index contributed by atoms with van der Waals surface area (Å²) in [5.74, 6) is -0.324. The Kier molecular flexibility index (Phi) is 3.82. The van der Waals surface area contributed by atoms with Gasteiger partial charge in [-0.1, -0.05) is 0 Å². The number of aliphatic imine (C=N–C) groups is 1. The van der Waals surface area contributed by atoms with Gasteiger partial charge in [0.2, 0.25) is 5.96 Å². The highest BCUT2D eigenvalue weighted by Gasteiger charge is 2.73. The molecular weight excluding hydrogens is 383 g/mol. The van der Waals surface area contributed by atoms with Gasteiger partial charge in [0.25, 0.3) is 0 Å². The Labute approximate surface area is 164 Å². The zero-order chi connectivity index (χ0) is 20.5. The van der Waals surface area contributed by atoms with Crippen LogP contribution in [0.2, 0.25) is 0 Å². The van der Waals surface area contributed by atoms with Crippen LogP contribution in [0, 0.1) is 5.82 Å². The molecule has 3 aliphatic rings. The number of carbonyl (C=O) groups excluding carboxylic acids is 1. The van der Waals surface area contributed by atoms with E-state index in [1.54, 1.807) is 39.3 Å². The molecule has 2 heterocycles. The first-order valence-corrected chi connectivity index (χ1v) is 10.8. The molecule has 1 saturated carbocycles. The van der Waals surface area contributed by atoms with E-state index in [4.69, 9.17) is 15.5 Å². The minimum atomic E-state index is -2.62. The molecule has 1 aromatic carbocycles. The van der Waals surface area contributed by atoms with Crippen molar-refractivity contribution in [3.8, 4) is 0 Å². The lowest BCUT2D eigenvalue weighted by molar-refractivity contribution is 0.0558. The number of nitrogens with two attached hydrogens (primary N) is 1. The van der Waals surface area contributed by atoms with Gasteiger partial charge in [-0.15, -0.1) is 0 Å². The second-order valence-electron chi connectivity index (χ2n) is 8.59. The third kappa shape index (κ3) is 2.45. The molecule has 0 aromatic heterocycles. The summed E-state index contributed by atoms with van der Waals surface area (Å²) in [7, 11) is -0.991. The van der Waals surface area contributed by atoms with E-state index < -0.39 is 37.5 Å². The molecule has 1 aromatic rings. The van der Waals surface area contributed by atoms with Gasteiger partial charge in [0, 0.05) is 23.7 Å². The maximum Gasteiger partial charge on any atom is 0.414 e. The number of guanidine groups is 1. The Morgan fingerprint density at radius 2 is 2.11 bits per heavy atom. The van der Waals surface area contributed by atoms with Crippen LogP contribution in [0.15, 0.2) is 23.2 Å². The fraction of sp³-hybridized carbons (Fsp3) is 0.526. The number of rotatable bonds is 1. The van der Waals surface area contributed by atoms with E-state index in [0.29, 0.717) is 24.1 Å². The van der Waals surface area contributed by atoms with Gasteiger partial charge in [-0.2, -0.15) is 0 Å². The van der Waals surface area contributed by atoms with Gasteiger partial charge in [0.05, 0.1) is 9.71 Å². The average molecular weight is 408 g/mol.